The van der Waals surface area contributed by atoms with E-state index in [1.54, 1.807) is 25.4 Å². The average Bonchev–Trinajstić information content (AvgIpc) is 3.49. The van der Waals surface area contributed by atoms with Gasteiger partial charge in [-0.3, -0.25) is 4.98 Å². The van der Waals surface area contributed by atoms with Crippen LogP contribution in [0.25, 0.3) is 5.69 Å². The van der Waals surface area contributed by atoms with Crippen LogP contribution in [0.3, 0.4) is 0 Å². The second kappa shape index (κ2) is 11.1. The summed E-state index contributed by atoms with van der Waals surface area (Å²) in [5, 5.41) is 4.14. The predicted octanol–water partition coefficient (Wildman–Crippen LogP) is 7.61. The Labute approximate surface area is 244 Å². The standard InChI is InChI=1S/C33H29FN4O2S/c1-21-20-29(22(2)37(21)24-9-7-23(34)8-10-24)32-31(30-6-4-5-19-35-30)36-33(41)38(32)25-11-13-27(14-12-25)40-28-17-15-26(39-3)16-18-28/h4-20,31-32H,1-3H3,(H,36,41). The summed E-state index contributed by atoms with van der Waals surface area (Å²) in [6, 6.07) is 29.7. The summed E-state index contributed by atoms with van der Waals surface area (Å²) in [5.74, 6) is 1.94. The summed E-state index contributed by atoms with van der Waals surface area (Å²) < 4.78 is 27.1. The van der Waals surface area contributed by atoms with E-state index in [9.17, 15) is 4.39 Å². The van der Waals surface area contributed by atoms with Crippen LogP contribution in [0.1, 0.15) is 34.7 Å². The molecule has 1 N–H and O–H groups in total. The number of pyridine rings is 1. The van der Waals surface area contributed by atoms with Crippen molar-refractivity contribution in [1.82, 2.24) is 14.9 Å². The molecule has 2 aromatic heterocycles. The number of ether oxygens (including phenoxy) is 2. The first-order valence-corrected chi connectivity index (χ1v) is 13.7. The van der Waals surface area contributed by atoms with E-state index in [4.69, 9.17) is 21.7 Å². The number of aromatic nitrogens is 2. The second-order valence-corrected chi connectivity index (χ2v) is 10.3. The predicted molar refractivity (Wildman–Crippen MR) is 163 cm³/mol. The number of rotatable bonds is 7. The van der Waals surface area contributed by atoms with Crippen LogP contribution in [0.5, 0.6) is 17.2 Å². The summed E-state index contributed by atoms with van der Waals surface area (Å²) in [6.45, 7) is 4.15. The molecule has 6 nitrogen and oxygen atoms in total. The van der Waals surface area contributed by atoms with Gasteiger partial charge in [0.2, 0.25) is 0 Å². The van der Waals surface area contributed by atoms with Gasteiger partial charge in [0, 0.05) is 29.0 Å². The van der Waals surface area contributed by atoms with Crippen LogP contribution in [0.15, 0.2) is 103 Å². The summed E-state index contributed by atoms with van der Waals surface area (Å²) in [4.78, 5) is 6.81. The zero-order valence-electron chi connectivity index (χ0n) is 22.9. The number of nitrogens with one attached hydrogen (secondary N) is 1. The van der Waals surface area contributed by atoms with Crippen LogP contribution in [0, 0.1) is 19.7 Å². The Morgan fingerprint density at radius 2 is 1.46 bits per heavy atom. The molecule has 3 aromatic carbocycles. The minimum absolute atomic E-state index is 0.175. The van der Waals surface area contributed by atoms with Gasteiger partial charge in [0.05, 0.1) is 24.9 Å². The summed E-state index contributed by atoms with van der Waals surface area (Å²) in [5.41, 5.74) is 5.93. The monoisotopic (exact) mass is 564 g/mol. The molecule has 0 saturated carbocycles. The van der Waals surface area contributed by atoms with Crippen LogP contribution in [0.4, 0.5) is 10.1 Å². The van der Waals surface area contributed by atoms with Crippen molar-refractivity contribution in [3.8, 4) is 22.9 Å². The Morgan fingerprint density at radius 3 is 2.10 bits per heavy atom. The molecule has 1 fully saturated rings. The van der Waals surface area contributed by atoms with Crippen molar-refractivity contribution in [3.63, 3.8) is 0 Å². The maximum Gasteiger partial charge on any atom is 0.174 e. The molecule has 0 amide bonds. The lowest BCUT2D eigenvalue weighted by Crippen LogP contribution is -2.29. The molecule has 41 heavy (non-hydrogen) atoms. The molecule has 0 bridgehead atoms. The Bertz CT molecular complexity index is 1670. The molecule has 1 aliphatic rings. The van der Waals surface area contributed by atoms with Crippen LogP contribution < -0.4 is 19.7 Å². The van der Waals surface area contributed by atoms with Crippen molar-refractivity contribution >= 4 is 23.0 Å². The number of hydrogen-bond donors (Lipinski definition) is 1. The molecule has 6 rings (SSSR count). The number of anilines is 1. The molecule has 2 atom stereocenters. The zero-order chi connectivity index (χ0) is 28.5. The lowest BCUT2D eigenvalue weighted by atomic mass is 9.96. The largest absolute Gasteiger partial charge is 0.497 e. The maximum absolute atomic E-state index is 13.7. The number of methoxy groups -OCH3 is 1. The van der Waals surface area contributed by atoms with Gasteiger partial charge >= 0.3 is 0 Å². The first-order valence-electron chi connectivity index (χ1n) is 13.3. The molecule has 0 radical (unpaired) electrons. The van der Waals surface area contributed by atoms with Gasteiger partial charge in [-0.1, -0.05) is 6.07 Å². The van der Waals surface area contributed by atoms with Gasteiger partial charge in [-0.05, 0) is 123 Å². The summed E-state index contributed by atoms with van der Waals surface area (Å²) in [6.07, 6.45) is 1.80. The third kappa shape index (κ3) is 5.14. The molecule has 0 spiro atoms. The van der Waals surface area contributed by atoms with Crippen molar-refractivity contribution in [3.05, 3.63) is 132 Å². The molecule has 1 aliphatic heterocycles. The van der Waals surface area contributed by atoms with Crippen LogP contribution in [-0.4, -0.2) is 21.8 Å². The van der Waals surface area contributed by atoms with Gasteiger partial charge in [0.1, 0.15) is 23.1 Å². The fraction of sp³-hybridized carbons (Fsp3) is 0.152. The van der Waals surface area contributed by atoms with E-state index >= 15 is 0 Å². The minimum Gasteiger partial charge on any atom is -0.497 e. The van der Waals surface area contributed by atoms with E-state index in [0.29, 0.717) is 10.9 Å². The lowest BCUT2D eigenvalue weighted by Gasteiger charge is -2.28. The van der Waals surface area contributed by atoms with Crippen molar-refractivity contribution < 1.29 is 13.9 Å². The molecule has 2 unspecified atom stereocenters. The van der Waals surface area contributed by atoms with Crippen LogP contribution in [-0.2, 0) is 0 Å². The first-order chi connectivity index (χ1) is 19.9. The Hall–Kier alpha value is -4.69. The van der Waals surface area contributed by atoms with Gasteiger partial charge in [0.15, 0.2) is 5.11 Å². The number of aryl methyl sites for hydroxylation is 1. The van der Waals surface area contributed by atoms with E-state index in [-0.39, 0.29) is 17.9 Å². The minimum atomic E-state index is -0.261. The lowest BCUT2D eigenvalue weighted by molar-refractivity contribution is 0.413. The van der Waals surface area contributed by atoms with Gasteiger partial charge in [-0.15, -0.1) is 0 Å². The molecule has 206 valence electrons. The van der Waals surface area contributed by atoms with Crippen molar-refractivity contribution in [2.45, 2.75) is 25.9 Å². The molecule has 1 saturated heterocycles. The number of nitrogens with zero attached hydrogens (tertiary/aromatic N) is 3. The number of hydrogen-bond acceptors (Lipinski definition) is 4. The molecule has 5 aromatic rings. The van der Waals surface area contributed by atoms with Gasteiger partial charge in [-0.25, -0.2) is 4.39 Å². The third-order valence-electron chi connectivity index (χ3n) is 7.38. The quantitative estimate of drug-likeness (QED) is 0.205. The third-order valence-corrected chi connectivity index (χ3v) is 7.70. The normalized spacial score (nSPS) is 16.5. The Morgan fingerprint density at radius 1 is 0.829 bits per heavy atom. The molecular formula is C33H29FN4O2S. The number of benzene rings is 3. The molecule has 3 heterocycles. The van der Waals surface area contributed by atoms with Crippen molar-refractivity contribution in [1.29, 1.82) is 0 Å². The highest BCUT2D eigenvalue weighted by Gasteiger charge is 2.42. The maximum atomic E-state index is 13.7. The summed E-state index contributed by atoms with van der Waals surface area (Å²) in [7, 11) is 1.64. The smallest absolute Gasteiger partial charge is 0.174 e. The van der Waals surface area contributed by atoms with E-state index in [1.807, 2.05) is 66.7 Å². The molecule has 8 heteroatoms. The van der Waals surface area contributed by atoms with Gasteiger partial charge in [-0.2, -0.15) is 0 Å². The SMILES string of the molecule is COc1ccc(Oc2ccc(N3C(=S)NC(c4ccccn4)C3c3cc(C)n(-c4ccc(F)cc4)c3C)cc2)cc1. The number of halogens is 1. The Kier molecular flexibility index (Phi) is 7.15. The van der Waals surface area contributed by atoms with Crippen molar-refractivity contribution in [2.24, 2.45) is 0 Å². The highest BCUT2D eigenvalue weighted by molar-refractivity contribution is 7.80. The summed E-state index contributed by atoms with van der Waals surface area (Å²) >= 11 is 5.92. The zero-order valence-corrected chi connectivity index (χ0v) is 23.7. The van der Waals surface area contributed by atoms with E-state index in [1.165, 1.54) is 12.1 Å². The first kappa shape index (κ1) is 26.5. The fourth-order valence-electron chi connectivity index (χ4n) is 5.48. The number of thiocarbonyl (C=S) groups is 1. The highest BCUT2D eigenvalue weighted by Crippen LogP contribution is 2.44. The van der Waals surface area contributed by atoms with Crippen LogP contribution >= 0.6 is 12.2 Å². The van der Waals surface area contributed by atoms with Gasteiger partial charge in [0.25, 0.3) is 0 Å². The highest BCUT2D eigenvalue weighted by atomic mass is 32.1. The molecular weight excluding hydrogens is 535 g/mol. The average molecular weight is 565 g/mol. The fourth-order valence-corrected chi connectivity index (χ4v) is 5.82. The van der Waals surface area contributed by atoms with E-state index in [2.05, 4.69) is 39.7 Å². The van der Waals surface area contributed by atoms with Crippen molar-refractivity contribution in [2.75, 3.05) is 12.0 Å². The Balaban J connectivity index is 1.38. The van der Waals surface area contributed by atoms with Gasteiger partial charge < -0.3 is 24.3 Å². The molecule has 0 aliphatic carbocycles. The van der Waals surface area contributed by atoms with Crippen LogP contribution in [0.2, 0.25) is 0 Å². The second-order valence-electron chi connectivity index (χ2n) is 9.91. The topological polar surface area (TPSA) is 51.6 Å². The van der Waals surface area contributed by atoms with E-state index < -0.39 is 0 Å². The van der Waals surface area contributed by atoms with E-state index in [0.717, 1.165) is 45.5 Å².